The van der Waals surface area contributed by atoms with Crippen LogP contribution in [0, 0.1) is 12.8 Å². The zero-order chi connectivity index (χ0) is 24.6. The Hall–Kier alpha value is -3.47. The molecule has 11 heteroatoms. The van der Waals surface area contributed by atoms with E-state index in [1.165, 1.54) is 17.4 Å². The smallest absolute Gasteiger partial charge is 0.275 e. The Morgan fingerprint density at radius 2 is 2.03 bits per heavy atom. The minimum Gasteiger partial charge on any atom is -0.491 e. The van der Waals surface area contributed by atoms with Crippen LogP contribution in [0.2, 0.25) is 0 Å². The topological polar surface area (TPSA) is 122 Å². The van der Waals surface area contributed by atoms with Crippen LogP contribution in [0.3, 0.4) is 0 Å². The number of aryl methyl sites for hydroxylation is 2. The van der Waals surface area contributed by atoms with Gasteiger partial charge in [-0.1, -0.05) is 23.4 Å². The highest BCUT2D eigenvalue weighted by Crippen LogP contribution is 2.31. The normalized spacial score (nSPS) is 15.8. The van der Waals surface area contributed by atoms with Crippen molar-refractivity contribution in [1.29, 1.82) is 0 Å². The minimum atomic E-state index is -2.93. The molecule has 0 amide bonds. The summed E-state index contributed by atoms with van der Waals surface area (Å²) in [7, 11) is -1.37. The molecule has 0 radical (unpaired) electrons. The lowest BCUT2D eigenvalue weighted by molar-refractivity contribution is 0.267. The van der Waals surface area contributed by atoms with Crippen molar-refractivity contribution in [3.05, 3.63) is 52.8 Å². The third-order valence-corrected chi connectivity index (χ3v) is 7.25. The number of ether oxygens (including phenoxy) is 2. The summed E-state index contributed by atoms with van der Waals surface area (Å²) in [5, 5.41) is 16.9. The number of benzene rings is 1. The van der Waals surface area contributed by atoms with Gasteiger partial charge in [0.1, 0.15) is 22.2 Å². The highest BCUT2D eigenvalue weighted by molar-refractivity contribution is 7.90. The number of methoxy groups -OCH3 is 1. The molecule has 3 heterocycles. The van der Waals surface area contributed by atoms with Crippen molar-refractivity contribution in [2.45, 2.75) is 39.2 Å². The zero-order valence-corrected chi connectivity index (χ0v) is 20.7. The molecule has 4 aromatic rings. The van der Waals surface area contributed by atoms with E-state index in [0.717, 1.165) is 31.2 Å². The van der Waals surface area contributed by atoms with Crippen molar-refractivity contribution in [2.75, 3.05) is 19.1 Å². The molecule has 0 saturated carbocycles. The van der Waals surface area contributed by atoms with E-state index in [2.05, 4.69) is 32.6 Å². The molecule has 0 bridgehead atoms. The number of hydrogen-bond donors (Lipinski definition) is 0. The van der Waals surface area contributed by atoms with Crippen LogP contribution in [0.5, 0.6) is 11.6 Å². The van der Waals surface area contributed by atoms with Gasteiger partial charge < -0.3 is 14.0 Å². The molecule has 10 nitrogen and oxygen atoms in total. The number of sulfone groups is 1. The average molecular weight is 498 g/mol. The first kappa shape index (κ1) is 23.3. The number of nitrogens with zero attached hydrogens (tertiary/aromatic N) is 5. The summed E-state index contributed by atoms with van der Waals surface area (Å²) < 4.78 is 41.2. The van der Waals surface area contributed by atoms with Crippen molar-refractivity contribution in [3.63, 3.8) is 0 Å². The van der Waals surface area contributed by atoms with Crippen LogP contribution in [-0.2, 0) is 29.3 Å². The Morgan fingerprint density at radius 3 is 2.77 bits per heavy atom. The molecule has 184 valence electrons. The molecule has 1 aromatic carbocycles. The van der Waals surface area contributed by atoms with Crippen molar-refractivity contribution in [2.24, 2.45) is 5.92 Å². The molecule has 0 N–H and O–H groups in total. The predicted molar refractivity (Wildman–Crippen MR) is 128 cm³/mol. The average Bonchev–Trinajstić information content (AvgIpc) is 3.45. The van der Waals surface area contributed by atoms with Gasteiger partial charge in [0, 0.05) is 18.4 Å². The Morgan fingerprint density at radius 1 is 1.17 bits per heavy atom. The van der Waals surface area contributed by atoms with Crippen molar-refractivity contribution in [1.82, 2.24) is 25.0 Å². The molecule has 1 aliphatic carbocycles. The number of rotatable bonds is 8. The number of fused-ring (bicyclic) bond motifs is 2. The van der Waals surface area contributed by atoms with Crippen molar-refractivity contribution >= 4 is 15.5 Å². The molecule has 0 fully saturated rings. The van der Waals surface area contributed by atoms with Gasteiger partial charge in [0.05, 0.1) is 12.9 Å². The second-order valence-corrected chi connectivity index (χ2v) is 11.3. The first-order valence-corrected chi connectivity index (χ1v) is 13.5. The van der Waals surface area contributed by atoms with E-state index >= 15 is 0 Å². The maximum absolute atomic E-state index is 11.5. The van der Waals surface area contributed by atoms with Crippen LogP contribution >= 0.6 is 0 Å². The lowest BCUT2D eigenvalue weighted by Crippen LogP contribution is -2.18. The molecule has 1 aliphatic rings. The minimum absolute atomic E-state index is 0.252. The first-order valence-electron chi connectivity index (χ1n) is 11.4. The van der Waals surface area contributed by atoms with Gasteiger partial charge in [-0.2, -0.15) is 4.52 Å². The third kappa shape index (κ3) is 5.14. The van der Waals surface area contributed by atoms with E-state index in [4.69, 9.17) is 14.0 Å². The Kier molecular flexibility index (Phi) is 6.18. The van der Waals surface area contributed by atoms with Gasteiger partial charge in [-0.25, -0.2) is 8.42 Å². The quantitative estimate of drug-likeness (QED) is 0.361. The summed E-state index contributed by atoms with van der Waals surface area (Å²) in [5.41, 5.74) is 4.64. The highest BCUT2D eigenvalue weighted by Gasteiger charge is 2.21. The van der Waals surface area contributed by atoms with Gasteiger partial charge in [0.25, 0.3) is 5.88 Å². The number of hydrogen-bond acceptors (Lipinski definition) is 9. The molecular formula is C24H27N5O5S. The van der Waals surface area contributed by atoms with Crippen molar-refractivity contribution < 1.29 is 22.4 Å². The maximum atomic E-state index is 11.5. The molecule has 5 rings (SSSR count). The van der Waals surface area contributed by atoms with Gasteiger partial charge in [0.2, 0.25) is 5.82 Å². The van der Waals surface area contributed by atoms with Gasteiger partial charge in [-0.3, -0.25) is 0 Å². The molecule has 0 saturated heterocycles. The summed E-state index contributed by atoms with van der Waals surface area (Å²) in [6.07, 6.45) is 4.87. The second-order valence-electron chi connectivity index (χ2n) is 9.05. The van der Waals surface area contributed by atoms with Crippen LogP contribution in [0.15, 0.2) is 34.9 Å². The molecular weight excluding hydrogens is 470 g/mol. The third-order valence-electron chi connectivity index (χ3n) is 6.28. The SMILES string of the molecule is COc1cc2nnc(-c3cc(C)on3)n2nc1OCc1ccc2c(c1)CCC(CCS(C)(=O)=O)C2. The van der Waals surface area contributed by atoms with Crippen LogP contribution in [-0.4, -0.2) is 52.5 Å². The predicted octanol–water partition coefficient (Wildman–Crippen LogP) is 3.21. The summed E-state index contributed by atoms with van der Waals surface area (Å²) in [6, 6.07) is 9.82. The van der Waals surface area contributed by atoms with Gasteiger partial charge >= 0.3 is 0 Å². The lowest BCUT2D eigenvalue weighted by atomic mass is 9.82. The Balaban J connectivity index is 1.32. The molecule has 3 aromatic heterocycles. The Bertz CT molecular complexity index is 1480. The summed E-state index contributed by atoms with van der Waals surface area (Å²) in [4.78, 5) is 0. The van der Waals surface area contributed by atoms with Gasteiger partial charge in [-0.15, -0.1) is 15.3 Å². The lowest BCUT2D eigenvalue weighted by Gasteiger charge is -2.25. The van der Waals surface area contributed by atoms with Crippen LogP contribution in [0.25, 0.3) is 17.2 Å². The fourth-order valence-corrected chi connectivity index (χ4v) is 5.19. The summed E-state index contributed by atoms with van der Waals surface area (Å²) >= 11 is 0. The Labute approximate surface area is 203 Å². The molecule has 1 atom stereocenters. The van der Waals surface area contributed by atoms with E-state index in [1.54, 1.807) is 30.7 Å². The molecule has 0 aliphatic heterocycles. The van der Waals surface area contributed by atoms with Gasteiger partial charge in [0.15, 0.2) is 17.1 Å². The summed E-state index contributed by atoms with van der Waals surface area (Å²) in [5.74, 6) is 2.55. The fraction of sp³-hybridized carbons (Fsp3) is 0.417. The number of aromatic nitrogens is 5. The van der Waals surface area contributed by atoms with Crippen molar-refractivity contribution in [3.8, 4) is 23.1 Å². The second kappa shape index (κ2) is 9.29. The van der Waals surface area contributed by atoms with Crippen LogP contribution < -0.4 is 9.47 Å². The largest absolute Gasteiger partial charge is 0.491 e. The van der Waals surface area contributed by atoms with Crippen LogP contribution in [0.4, 0.5) is 0 Å². The van der Waals surface area contributed by atoms with E-state index in [-0.39, 0.29) is 5.75 Å². The maximum Gasteiger partial charge on any atom is 0.275 e. The zero-order valence-electron chi connectivity index (χ0n) is 19.9. The monoisotopic (exact) mass is 497 g/mol. The van der Waals surface area contributed by atoms with E-state index in [1.807, 2.05) is 6.07 Å². The van der Waals surface area contributed by atoms with Gasteiger partial charge in [-0.05, 0) is 55.2 Å². The van der Waals surface area contributed by atoms with E-state index in [0.29, 0.717) is 47.1 Å². The van der Waals surface area contributed by atoms with E-state index in [9.17, 15) is 8.42 Å². The fourth-order valence-electron chi connectivity index (χ4n) is 4.43. The standard InChI is InChI=1S/C24H27N5O5S/c1-15-10-20(28-34-15)23-26-25-22-13-21(32-2)24(27-29(22)23)33-14-17-5-7-18-11-16(4-6-19(18)12-17)8-9-35(3,30)31/h5,7,10,12-13,16H,4,6,8-9,11,14H2,1-3H3. The van der Waals surface area contributed by atoms with E-state index < -0.39 is 9.84 Å². The highest BCUT2D eigenvalue weighted by atomic mass is 32.2. The molecule has 0 spiro atoms. The summed E-state index contributed by atoms with van der Waals surface area (Å²) in [6.45, 7) is 2.12. The first-order chi connectivity index (χ1) is 16.8. The van der Waals surface area contributed by atoms with Crippen LogP contribution in [0.1, 0.15) is 35.3 Å². The molecule has 35 heavy (non-hydrogen) atoms. The molecule has 1 unspecified atom stereocenters.